The van der Waals surface area contributed by atoms with Gasteiger partial charge >= 0.3 is 0 Å². The van der Waals surface area contributed by atoms with Crippen molar-refractivity contribution in [3.63, 3.8) is 0 Å². The molecule has 0 saturated heterocycles. The standard InChI is InChI=1S/C16H13FN2O3/c17-13-7-2-1-6-12(13)14-9-15(22-19-14)16(21)18-10-4-3-5-11(20)8-10/h1-8,15,20H,9H2,(H,18,21)/t15-/m0/s1. The second kappa shape index (κ2) is 5.85. The van der Waals surface area contributed by atoms with E-state index < -0.39 is 17.8 Å². The summed E-state index contributed by atoms with van der Waals surface area (Å²) in [5, 5.41) is 15.8. The van der Waals surface area contributed by atoms with Crippen molar-refractivity contribution in [1.82, 2.24) is 0 Å². The average Bonchev–Trinajstić information content (AvgIpc) is 2.97. The van der Waals surface area contributed by atoms with Crippen molar-refractivity contribution in [2.24, 2.45) is 5.16 Å². The van der Waals surface area contributed by atoms with Crippen LogP contribution in [0, 0.1) is 5.82 Å². The molecule has 1 aliphatic heterocycles. The maximum atomic E-state index is 13.7. The van der Waals surface area contributed by atoms with Crippen LogP contribution in [-0.4, -0.2) is 22.8 Å². The van der Waals surface area contributed by atoms with Crippen LogP contribution >= 0.6 is 0 Å². The Kier molecular flexibility index (Phi) is 3.74. The first-order valence-corrected chi connectivity index (χ1v) is 6.71. The third-order valence-corrected chi connectivity index (χ3v) is 3.26. The van der Waals surface area contributed by atoms with Crippen molar-refractivity contribution in [2.45, 2.75) is 12.5 Å². The molecule has 3 rings (SSSR count). The summed E-state index contributed by atoms with van der Waals surface area (Å²) in [5.74, 6) is -0.756. The monoisotopic (exact) mass is 300 g/mol. The fraction of sp³-hybridized carbons (Fsp3) is 0.125. The molecule has 1 atom stereocenters. The van der Waals surface area contributed by atoms with Gasteiger partial charge in [0.2, 0.25) is 6.10 Å². The van der Waals surface area contributed by atoms with E-state index in [2.05, 4.69) is 10.5 Å². The number of hydrogen-bond acceptors (Lipinski definition) is 4. The maximum Gasteiger partial charge on any atom is 0.268 e. The number of oxime groups is 1. The Bertz CT molecular complexity index is 746. The molecule has 0 aliphatic carbocycles. The number of benzene rings is 2. The normalized spacial score (nSPS) is 16.8. The molecule has 0 spiro atoms. The molecular formula is C16H13FN2O3. The number of phenolic OH excluding ortho intramolecular Hbond substituents is 1. The first-order chi connectivity index (χ1) is 10.6. The summed E-state index contributed by atoms with van der Waals surface area (Å²) < 4.78 is 13.7. The summed E-state index contributed by atoms with van der Waals surface area (Å²) in [7, 11) is 0. The van der Waals surface area contributed by atoms with E-state index in [-0.39, 0.29) is 12.2 Å². The first kappa shape index (κ1) is 14.1. The van der Waals surface area contributed by atoms with Crippen LogP contribution < -0.4 is 5.32 Å². The van der Waals surface area contributed by atoms with E-state index in [0.717, 1.165) is 0 Å². The molecule has 2 aromatic carbocycles. The lowest BCUT2D eigenvalue weighted by atomic mass is 10.0. The molecule has 0 unspecified atom stereocenters. The molecule has 2 N–H and O–H groups in total. The van der Waals surface area contributed by atoms with Crippen LogP contribution in [0.15, 0.2) is 53.7 Å². The van der Waals surface area contributed by atoms with Gasteiger partial charge in [0.15, 0.2) is 0 Å². The minimum atomic E-state index is -0.822. The van der Waals surface area contributed by atoms with E-state index >= 15 is 0 Å². The highest BCUT2D eigenvalue weighted by Gasteiger charge is 2.30. The second-order valence-electron chi connectivity index (χ2n) is 4.86. The SMILES string of the molecule is O=C(Nc1cccc(O)c1)[C@@H]1CC(c2ccccc2F)=NO1. The summed E-state index contributed by atoms with van der Waals surface area (Å²) in [6.45, 7) is 0. The zero-order chi connectivity index (χ0) is 15.5. The number of phenols is 1. The molecule has 1 heterocycles. The van der Waals surface area contributed by atoms with Gasteiger partial charge in [0.1, 0.15) is 11.6 Å². The number of nitrogens with one attached hydrogen (secondary N) is 1. The zero-order valence-electron chi connectivity index (χ0n) is 11.5. The number of carbonyl (C=O) groups excluding carboxylic acids is 1. The summed E-state index contributed by atoms with van der Waals surface area (Å²) >= 11 is 0. The van der Waals surface area contributed by atoms with E-state index in [9.17, 15) is 14.3 Å². The summed E-state index contributed by atoms with van der Waals surface area (Å²) in [6, 6.07) is 12.4. The first-order valence-electron chi connectivity index (χ1n) is 6.71. The number of halogens is 1. The Morgan fingerprint density at radius 1 is 1.27 bits per heavy atom. The van der Waals surface area contributed by atoms with Crippen molar-refractivity contribution >= 4 is 17.3 Å². The Labute approximate surface area is 126 Å². The molecule has 2 aromatic rings. The highest BCUT2D eigenvalue weighted by atomic mass is 19.1. The molecule has 5 nitrogen and oxygen atoms in total. The van der Waals surface area contributed by atoms with Gasteiger partial charge in [0, 0.05) is 23.7 Å². The van der Waals surface area contributed by atoms with Gasteiger partial charge in [0.05, 0.1) is 5.71 Å². The van der Waals surface area contributed by atoms with Crippen LogP contribution in [0.1, 0.15) is 12.0 Å². The number of anilines is 1. The molecular weight excluding hydrogens is 287 g/mol. The van der Waals surface area contributed by atoms with Crippen LogP contribution in [0.4, 0.5) is 10.1 Å². The molecule has 1 amide bonds. The second-order valence-corrected chi connectivity index (χ2v) is 4.86. The fourth-order valence-corrected chi connectivity index (χ4v) is 2.18. The van der Waals surface area contributed by atoms with Gasteiger partial charge < -0.3 is 15.3 Å². The minimum absolute atomic E-state index is 0.0495. The van der Waals surface area contributed by atoms with Crippen molar-refractivity contribution in [1.29, 1.82) is 0 Å². The lowest BCUT2D eigenvalue weighted by Crippen LogP contribution is -2.28. The number of hydrogen-bond donors (Lipinski definition) is 2. The topological polar surface area (TPSA) is 70.9 Å². The highest BCUT2D eigenvalue weighted by Crippen LogP contribution is 2.21. The molecule has 0 radical (unpaired) electrons. The van der Waals surface area contributed by atoms with Crippen LogP contribution in [-0.2, 0) is 9.63 Å². The Hall–Kier alpha value is -2.89. The van der Waals surface area contributed by atoms with E-state index in [1.54, 1.807) is 30.3 Å². The predicted molar refractivity (Wildman–Crippen MR) is 79.2 cm³/mol. The summed E-state index contributed by atoms with van der Waals surface area (Å²) in [6.07, 6.45) is -0.636. The van der Waals surface area contributed by atoms with Gasteiger partial charge in [0.25, 0.3) is 5.91 Å². The zero-order valence-corrected chi connectivity index (χ0v) is 11.5. The van der Waals surface area contributed by atoms with E-state index in [0.29, 0.717) is 17.0 Å². The van der Waals surface area contributed by atoms with Gasteiger partial charge in [-0.15, -0.1) is 0 Å². The number of amides is 1. The maximum absolute atomic E-state index is 13.7. The third-order valence-electron chi connectivity index (χ3n) is 3.26. The number of aromatic hydroxyl groups is 1. The average molecular weight is 300 g/mol. The van der Waals surface area contributed by atoms with Crippen molar-refractivity contribution < 1.29 is 19.1 Å². The Morgan fingerprint density at radius 3 is 2.86 bits per heavy atom. The predicted octanol–water partition coefficient (Wildman–Crippen LogP) is 2.66. The Balaban J connectivity index is 1.67. The van der Waals surface area contributed by atoms with E-state index in [1.807, 2.05) is 0 Å². The van der Waals surface area contributed by atoms with Crippen LogP contribution in [0.3, 0.4) is 0 Å². The lowest BCUT2D eigenvalue weighted by Gasteiger charge is -2.09. The third kappa shape index (κ3) is 2.90. The van der Waals surface area contributed by atoms with Crippen LogP contribution in [0.5, 0.6) is 5.75 Å². The van der Waals surface area contributed by atoms with Crippen molar-refractivity contribution in [2.75, 3.05) is 5.32 Å². The van der Waals surface area contributed by atoms with Gasteiger partial charge in [-0.05, 0) is 18.2 Å². The minimum Gasteiger partial charge on any atom is -0.508 e. The molecule has 22 heavy (non-hydrogen) atoms. The Morgan fingerprint density at radius 2 is 2.09 bits per heavy atom. The highest BCUT2D eigenvalue weighted by molar-refractivity contribution is 6.06. The molecule has 0 saturated carbocycles. The van der Waals surface area contributed by atoms with Crippen molar-refractivity contribution in [3.8, 4) is 5.75 Å². The van der Waals surface area contributed by atoms with Crippen LogP contribution in [0.25, 0.3) is 0 Å². The van der Waals surface area contributed by atoms with Crippen molar-refractivity contribution in [3.05, 3.63) is 59.9 Å². The molecule has 1 aliphatic rings. The van der Waals surface area contributed by atoms with Gasteiger partial charge in [-0.1, -0.05) is 29.4 Å². The number of carbonyl (C=O) groups is 1. The molecule has 0 fully saturated rings. The molecule has 112 valence electrons. The molecule has 6 heteroatoms. The largest absolute Gasteiger partial charge is 0.508 e. The number of nitrogens with zero attached hydrogens (tertiary/aromatic N) is 1. The van der Waals surface area contributed by atoms with E-state index in [1.165, 1.54) is 18.2 Å². The van der Waals surface area contributed by atoms with Gasteiger partial charge in [-0.25, -0.2) is 4.39 Å². The van der Waals surface area contributed by atoms with Gasteiger partial charge in [-0.2, -0.15) is 0 Å². The molecule has 0 aromatic heterocycles. The quantitative estimate of drug-likeness (QED) is 0.915. The summed E-state index contributed by atoms with van der Waals surface area (Å²) in [4.78, 5) is 17.2. The molecule has 0 bridgehead atoms. The lowest BCUT2D eigenvalue weighted by molar-refractivity contribution is -0.125. The van der Waals surface area contributed by atoms with E-state index in [4.69, 9.17) is 4.84 Å². The summed E-state index contributed by atoms with van der Waals surface area (Å²) in [5.41, 5.74) is 1.18. The van der Waals surface area contributed by atoms with Crippen LogP contribution in [0.2, 0.25) is 0 Å². The number of rotatable bonds is 3. The fourth-order valence-electron chi connectivity index (χ4n) is 2.18. The van der Waals surface area contributed by atoms with Gasteiger partial charge in [-0.3, -0.25) is 4.79 Å². The smallest absolute Gasteiger partial charge is 0.268 e.